The van der Waals surface area contributed by atoms with Crippen molar-refractivity contribution in [2.45, 2.75) is 32.7 Å². The van der Waals surface area contributed by atoms with Crippen LogP contribution in [-0.4, -0.2) is 17.4 Å². The van der Waals surface area contributed by atoms with Gasteiger partial charge in [-0.2, -0.15) is 0 Å². The molecule has 1 atom stereocenters. The molecule has 0 radical (unpaired) electrons. The van der Waals surface area contributed by atoms with Crippen molar-refractivity contribution >= 4 is 11.6 Å². The van der Waals surface area contributed by atoms with Crippen LogP contribution in [0.15, 0.2) is 18.5 Å². The Balaban J connectivity index is 2.30. The Hall–Kier alpha value is -0.670. The highest BCUT2D eigenvalue weighted by molar-refractivity contribution is 6.17. The summed E-state index contributed by atoms with van der Waals surface area (Å²) in [5.41, 5.74) is 0.881. The molecule has 1 aromatic rings. The molecule has 1 N–H and O–H groups in total. The average molecular weight is 259 g/mol. The van der Waals surface area contributed by atoms with E-state index >= 15 is 0 Å². The molecule has 0 saturated heterocycles. The van der Waals surface area contributed by atoms with E-state index in [4.69, 9.17) is 11.6 Å². The van der Waals surface area contributed by atoms with Crippen LogP contribution in [0.3, 0.4) is 0 Å². The van der Waals surface area contributed by atoms with Gasteiger partial charge >= 0.3 is 0 Å². The lowest BCUT2D eigenvalue weighted by atomic mass is 10.0. The number of pyridine rings is 1. The number of aromatic nitrogens is 1. The number of alkyl halides is 1. The average Bonchev–Trinajstić information content (AvgIpc) is 2.30. The van der Waals surface area contributed by atoms with E-state index in [1.807, 2.05) is 0 Å². The van der Waals surface area contributed by atoms with Crippen LogP contribution in [0.4, 0.5) is 4.39 Å². The van der Waals surface area contributed by atoms with Crippen LogP contribution < -0.4 is 5.32 Å². The lowest BCUT2D eigenvalue weighted by molar-refractivity contribution is 0.430. The van der Waals surface area contributed by atoms with Crippen molar-refractivity contribution in [1.29, 1.82) is 0 Å². The Morgan fingerprint density at radius 1 is 1.41 bits per heavy atom. The smallest absolute Gasteiger partial charge is 0.141 e. The summed E-state index contributed by atoms with van der Waals surface area (Å²) in [6, 6.07) is 1.51. The Kier molecular flexibility index (Phi) is 7.13. The third kappa shape index (κ3) is 5.99. The minimum atomic E-state index is -0.282. The van der Waals surface area contributed by atoms with E-state index in [9.17, 15) is 4.39 Å². The number of hydrogen-bond donors (Lipinski definition) is 1. The van der Waals surface area contributed by atoms with Gasteiger partial charge in [-0.15, -0.1) is 11.6 Å². The van der Waals surface area contributed by atoms with E-state index in [0.29, 0.717) is 18.3 Å². The molecule has 0 amide bonds. The molecule has 0 fully saturated rings. The van der Waals surface area contributed by atoms with Crippen LogP contribution >= 0.6 is 11.6 Å². The van der Waals surface area contributed by atoms with Gasteiger partial charge in [-0.05, 0) is 36.9 Å². The largest absolute Gasteiger partial charge is 0.312 e. The number of nitrogens with one attached hydrogen (secondary N) is 1. The van der Waals surface area contributed by atoms with Crippen molar-refractivity contribution in [1.82, 2.24) is 10.3 Å². The molecule has 0 spiro atoms. The molecule has 2 nitrogen and oxygen atoms in total. The molecule has 0 aliphatic rings. The highest BCUT2D eigenvalue weighted by Gasteiger charge is 2.06. The number of hydrogen-bond acceptors (Lipinski definition) is 2. The zero-order valence-corrected chi connectivity index (χ0v) is 11.0. The van der Waals surface area contributed by atoms with E-state index in [2.05, 4.69) is 17.2 Å². The zero-order valence-electron chi connectivity index (χ0n) is 10.3. The molecule has 0 bridgehead atoms. The van der Waals surface area contributed by atoms with Crippen LogP contribution in [0, 0.1) is 11.7 Å². The standard InChI is InChI=1S/C13H20ClFN2/c1-2-3-11(4-5-14)7-16-8-12-6-13(15)10-17-9-12/h6,9-11,16H,2-5,7-8H2,1H3. The van der Waals surface area contributed by atoms with Crippen molar-refractivity contribution in [2.24, 2.45) is 5.92 Å². The fourth-order valence-electron chi connectivity index (χ4n) is 1.88. The predicted molar refractivity (Wildman–Crippen MR) is 69.6 cm³/mol. The topological polar surface area (TPSA) is 24.9 Å². The van der Waals surface area contributed by atoms with Crippen molar-refractivity contribution in [3.8, 4) is 0 Å². The Morgan fingerprint density at radius 3 is 2.88 bits per heavy atom. The van der Waals surface area contributed by atoms with E-state index in [1.54, 1.807) is 6.20 Å². The molecular weight excluding hydrogens is 239 g/mol. The Labute approximate surface area is 108 Å². The Bertz CT molecular complexity index is 314. The highest BCUT2D eigenvalue weighted by Crippen LogP contribution is 2.11. The third-order valence-electron chi connectivity index (χ3n) is 2.74. The second kappa shape index (κ2) is 8.43. The van der Waals surface area contributed by atoms with Gasteiger partial charge in [0.2, 0.25) is 0 Å². The van der Waals surface area contributed by atoms with E-state index in [1.165, 1.54) is 25.1 Å². The molecule has 0 saturated carbocycles. The molecule has 0 aliphatic heterocycles. The van der Waals surface area contributed by atoms with E-state index in [0.717, 1.165) is 18.5 Å². The lowest BCUT2D eigenvalue weighted by Gasteiger charge is -2.15. The molecule has 1 aromatic heterocycles. The summed E-state index contributed by atoms with van der Waals surface area (Å²) in [5.74, 6) is 1.03. The minimum Gasteiger partial charge on any atom is -0.312 e. The second-order valence-corrected chi connectivity index (χ2v) is 4.65. The fraction of sp³-hybridized carbons (Fsp3) is 0.615. The number of rotatable bonds is 8. The first-order valence-electron chi connectivity index (χ1n) is 6.12. The van der Waals surface area contributed by atoms with Gasteiger partial charge in [-0.3, -0.25) is 4.98 Å². The zero-order chi connectivity index (χ0) is 12.5. The third-order valence-corrected chi connectivity index (χ3v) is 2.96. The van der Waals surface area contributed by atoms with Crippen LogP contribution in [-0.2, 0) is 6.54 Å². The molecule has 1 rings (SSSR count). The van der Waals surface area contributed by atoms with Crippen LogP contribution in [0.5, 0.6) is 0 Å². The molecular formula is C13H20ClFN2. The second-order valence-electron chi connectivity index (χ2n) is 4.27. The maximum absolute atomic E-state index is 12.9. The molecule has 1 heterocycles. The predicted octanol–water partition coefficient (Wildman–Crippen LogP) is 3.36. The summed E-state index contributed by atoms with van der Waals surface area (Å²) in [4.78, 5) is 3.82. The van der Waals surface area contributed by atoms with Gasteiger partial charge in [0.15, 0.2) is 0 Å². The van der Waals surface area contributed by atoms with Crippen molar-refractivity contribution in [3.63, 3.8) is 0 Å². The van der Waals surface area contributed by atoms with Crippen molar-refractivity contribution in [3.05, 3.63) is 29.8 Å². The summed E-state index contributed by atoms with van der Waals surface area (Å²) in [6.45, 7) is 3.77. The van der Waals surface area contributed by atoms with Crippen LogP contribution in [0.1, 0.15) is 31.7 Å². The summed E-state index contributed by atoms with van der Waals surface area (Å²) in [6.07, 6.45) is 6.29. The molecule has 96 valence electrons. The summed E-state index contributed by atoms with van der Waals surface area (Å²) < 4.78 is 12.9. The van der Waals surface area contributed by atoms with Gasteiger partial charge in [-0.25, -0.2) is 4.39 Å². The molecule has 17 heavy (non-hydrogen) atoms. The fourth-order valence-corrected chi connectivity index (χ4v) is 2.19. The first kappa shape index (κ1) is 14.4. The lowest BCUT2D eigenvalue weighted by Crippen LogP contribution is -2.23. The van der Waals surface area contributed by atoms with Crippen molar-refractivity contribution < 1.29 is 4.39 Å². The molecule has 1 unspecified atom stereocenters. The van der Waals surface area contributed by atoms with Gasteiger partial charge in [0.05, 0.1) is 6.20 Å². The van der Waals surface area contributed by atoms with Gasteiger partial charge in [0.25, 0.3) is 0 Å². The summed E-state index contributed by atoms with van der Waals surface area (Å²) in [7, 11) is 0. The molecule has 4 heteroatoms. The minimum absolute atomic E-state index is 0.282. The molecule has 0 aliphatic carbocycles. The highest BCUT2D eigenvalue weighted by atomic mass is 35.5. The van der Waals surface area contributed by atoms with Gasteiger partial charge < -0.3 is 5.32 Å². The van der Waals surface area contributed by atoms with Crippen LogP contribution in [0.2, 0.25) is 0 Å². The monoisotopic (exact) mass is 258 g/mol. The van der Waals surface area contributed by atoms with Crippen LogP contribution in [0.25, 0.3) is 0 Å². The molecule has 0 aromatic carbocycles. The van der Waals surface area contributed by atoms with E-state index in [-0.39, 0.29) is 5.82 Å². The summed E-state index contributed by atoms with van der Waals surface area (Å²) in [5, 5.41) is 3.33. The number of nitrogens with zero attached hydrogens (tertiary/aromatic N) is 1. The quantitative estimate of drug-likeness (QED) is 0.724. The SMILES string of the molecule is CCCC(CCCl)CNCc1cncc(F)c1. The summed E-state index contributed by atoms with van der Waals surface area (Å²) >= 11 is 5.76. The first-order valence-corrected chi connectivity index (χ1v) is 6.65. The Morgan fingerprint density at radius 2 is 2.24 bits per heavy atom. The maximum atomic E-state index is 12.9. The van der Waals surface area contributed by atoms with Crippen molar-refractivity contribution in [2.75, 3.05) is 12.4 Å². The van der Waals surface area contributed by atoms with Gasteiger partial charge in [0, 0.05) is 18.6 Å². The van der Waals surface area contributed by atoms with Gasteiger partial charge in [0.1, 0.15) is 5.82 Å². The maximum Gasteiger partial charge on any atom is 0.141 e. The van der Waals surface area contributed by atoms with E-state index < -0.39 is 0 Å². The first-order chi connectivity index (χ1) is 8.26. The normalized spacial score (nSPS) is 12.6. The van der Waals surface area contributed by atoms with Gasteiger partial charge in [-0.1, -0.05) is 13.3 Å². The number of halogens is 2.